The second-order valence-corrected chi connectivity index (χ2v) is 15.3. The largest absolute Gasteiger partial charge is 0.380 e. The highest BCUT2D eigenvalue weighted by Gasteiger charge is 2.24. The zero-order valence-electron chi connectivity index (χ0n) is 28.3. The molecule has 0 saturated carbocycles. The average Bonchev–Trinajstić information content (AvgIpc) is 2.84. The molecule has 0 aromatic carbocycles. The predicted octanol–water partition coefficient (Wildman–Crippen LogP) is 6.05. The number of nitrogens with one attached hydrogen (secondary N) is 2. The minimum atomic E-state index is 0.155. The summed E-state index contributed by atoms with van der Waals surface area (Å²) in [5, 5.41) is 7.30. The summed E-state index contributed by atoms with van der Waals surface area (Å²) in [6.45, 7) is 37.0. The van der Waals surface area contributed by atoms with E-state index in [4.69, 9.17) is 9.47 Å². The molecule has 0 bridgehead atoms. The summed E-state index contributed by atoms with van der Waals surface area (Å²) in [6.07, 6.45) is 6.21. The van der Waals surface area contributed by atoms with Gasteiger partial charge in [-0.25, -0.2) is 0 Å². The first-order valence-corrected chi connectivity index (χ1v) is 16.2. The molecule has 1 heterocycles. The zero-order chi connectivity index (χ0) is 29.5. The minimum absolute atomic E-state index is 0.155. The zero-order valence-corrected chi connectivity index (χ0v) is 28.3. The molecule has 2 N–H and O–H groups in total. The van der Waals surface area contributed by atoms with Gasteiger partial charge in [0.25, 0.3) is 0 Å². The summed E-state index contributed by atoms with van der Waals surface area (Å²) in [7, 11) is 0. The Hall–Kier alpha value is -0.240. The van der Waals surface area contributed by atoms with Gasteiger partial charge < -0.3 is 29.9 Å². The Labute approximate surface area is 244 Å². The molecule has 0 spiro atoms. The van der Waals surface area contributed by atoms with Crippen LogP contribution in [0.15, 0.2) is 0 Å². The van der Waals surface area contributed by atoms with Crippen LogP contribution in [-0.4, -0.2) is 99.2 Å². The number of rotatable bonds is 20. The van der Waals surface area contributed by atoms with E-state index in [-0.39, 0.29) is 17.2 Å². The Morgan fingerprint density at radius 2 is 1.31 bits per heavy atom. The Morgan fingerprint density at radius 3 is 1.90 bits per heavy atom. The van der Waals surface area contributed by atoms with Crippen molar-refractivity contribution in [3.63, 3.8) is 0 Å². The topological polar surface area (TPSA) is 49.0 Å². The Kier molecular flexibility index (Phi) is 17.3. The third-order valence-electron chi connectivity index (χ3n) is 8.48. The molecule has 1 rings (SSSR count). The van der Waals surface area contributed by atoms with Crippen LogP contribution in [-0.2, 0) is 9.47 Å². The summed E-state index contributed by atoms with van der Waals surface area (Å²) >= 11 is 0. The lowest BCUT2D eigenvalue weighted by atomic mass is 9.84. The molecule has 1 aliphatic heterocycles. The first-order valence-electron chi connectivity index (χ1n) is 16.2. The van der Waals surface area contributed by atoms with Gasteiger partial charge in [-0.1, -0.05) is 34.6 Å². The van der Waals surface area contributed by atoms with E-state index >= 15 is 0 Å². The van der Waals surface area contributed by atoms with Crippen molar-refractivity contribution in [2.45, 2.75) is 125 Å². The number of piperazine rings is 1. The average molecular weight is 555 g/mol. The highest BCUT2D eigenvalue weighted by Crippen LogP contribution is 2.25. The Morgan fingerprint density at radius 1 is 0.692 bits per heavy atom. The summed E-state index contributed by atoms with van der Waals surface area (Å²) in [5.41, 5.74) is 0.780. The van der Waals surface area contributed by atoms with Gasteiger partial charge in [0.2, 0.25) is 0 Å². The summed E-state index contributed by atoms with van der Waals surface area (Å²) < 4.78 is 11.9. The van der Waals surface area contributed by atoms with Gasteiger partial charge >= 0.3 is 0 Å². The fourth-order valence-corrected chi connectivity index (χ4v) is 5.04. The van der Waals surface area contributed by atoms with Crippen LogP contribution in [0.2, 0.25) is 0 Å². The van der Waals surface area contributed by atoms with Crippen LogP contribution in [0.25, 0.3) is 0 Å². The molecule has 0 unspecified atom stereocenters. The van der Waals surface area contributed by atoms with E-state index in [2.05, 4.69) is 96.6 Å². The number of nitrogens with zero attached hydrogens (tertiary/aromatic N) is 2. The van der Waals surface area contributed by atoms with Crippen LogP contribution in [0.1, 0.15) is 108 Å². The van der Waals surface area contributed by atoms with Gasteiger partial charge in [-0.15, -0.1) is 0 Å². The lowest BCUT2D eigenvalue weighted by Gasteiger charge is -2.36. The van der Waals surface area contributed by atoms with Crippen molar-refractivity contribution in [1.82, 2.24) is 20.4 Å². The molecular weight excluding hydrogens is 484 g/mol. The van der Waals surface area contributed by atoms with Crippen molar-refractivity contribution in [3.05, 3.63) is 0 Å². The van der Waals surface area contributed by atoms with E-state index in [0.717, 1.165) is 39.3 Å². The fraction of sp³-hybridized carbons (Fsp3) is 1.00. The predicted molar refractivity (Wildman–Crippen MR) is 170 cm³/mol. The molecule has 1 saturated heterocycles. The molecule has 0 amide bonds. The second-order valence-electron chi connectivity index (χ2n) is 15.3. The quantitative estimate of drug-likeness (QED) is 0.179. The third kappa shape index (κ3) is 19.5. The van der Waals surface area contributed by atoms with Crippen molar-refractivity contribution < 1.29 is 9.47 Å². The summed E-state index contributed by atoms with van der Waals surface area (Å²) in [4.78, 5) is 5.31. The first-order chi connectivity index (χ1) is 18.1. The van der Waals surface area contributed by atoms with E-state index in [9.17, 15) is 0 Å². The maximum absolute atomic E-state index is 6.17. The van der Waals surface area contributed by atoms with Gasteiger partial charge in [0.05, 0.1) is 12.7 Å². The number of ether oxygens (including phenoxy) is 2. The van der Waals surface area contributed by atoms with Gasteiger partial charge in [-0.3, -0.25) is 0 Å². The van der Waals surface area contributed by atoms with Crippen molar-refractivity contribution in [2.75, 3.05) is 72.2 Å². The summed E-state index contributed by atoms with van der Waals surface area (Å²) in [5.74, 6) is 1.20. The fourth-order valence-electron chi connectivity index (χ4n) is 5.04. The van der Waals surface area contributed by atoms with Crippen LogP contribution in [0.3, 0.4) is 0 Å². The van der Waals surface area contributed by atoms with Crippen LogP contribution in [0, 0.1) is 17.3 Å². The van der Waals surface area contributed by atoms with E-state index in [0.29, 0.717) is 17.3 Å². The molecule has 0 aliphatic carbocycles. The van der Waals surface area contributed by atoms with Gasteiger partial charge in [0.15, 0.2) is 0 Å². The third-order valence-corrected chi connectivity index (χ3v) is 8.48. The smallest absolute Gasteiger partial charge is 0.0591 e. The normalized spacial score (nSPS) is 18.8. The molecular formula is C33H70N4O2. The van der Waals surface area contributed by atoms with Crippen LogP contribution >= 0.6 is 0 Å². The number of hydrogen-bond donors (Lipinski definition) is 2. The number of hydrogen-bond acceptors (Lipinski definition) is 6. The second kappa shape index (κ2) is 18.3. The van der Waals surface area contributed by atoms with Gasteiger partial charge in [-0.05, 0) is 111 Å². The highest BCUT2D eigenvalue weighted by molar-refractivity contribution is 4.81. The Balaban J connectivity index is 2.11. The van der Waals surface area contributed by atoms with E-state index in [1.165, 1.54) is 65.0 Å². The molecule has 234 valence electrons. The van der Waals surface area contributed by atoms with E-state index < -0.39 is 0 Å². The molecule has 6 heteroatoms. The molecule has 3 atom stereocenters. The van der Waals surface area contributed by atoms with Crippen LogP contribution in [0.4, 0.5) is 0 Å². The lowest BCUT2D eigenvalue weighted by molar-refractivity contribution is -0.0000678. The van der Waals surface area contributed by atoms with Gasteiger partial charge in [-0.2, -0.15) is 0 Å². The molecule has 39 heavy (non-hydrogen) atoms. The molecule has 0 aromatic heterocycles. The molecule has 0 radical (unpaired) electrons. The van der Waals surface area contributed by atoms with Crippen molar-refractivity contribution in [3.8, 4) is 0 Å². The minimum Gasteiger partial charge on any atom is -0.380 e. The van der Waals surface area contributed by atoms with Crippen LogP contribution < -0.4 is 10.6 Å². The van der Waals surface area contributed by atoms with E-state index in [1.54, 1.807) is 0 Å². The van der Waals surface area contributed by atoms with Crippen molar-refractivity contribution in [2.24, 2.45) is 17.3 Å². The standard InChI is InChI=1S/C33H70N4O2/c1-28(29(2)30(3)39-26-13-25-38-27-18-34-32(7,8)9)14-15-33(10,11)35-17-12-19-36-21-23-37(24-22-36)20-16-31(4,5)6/h28-30,34-35H,12-27H2,1-11H3/t28-,29+,30-/m1/s1. The SMILES string of the molecule is C[C@@H]([C@H](C)CCC(C)(C)NCCCN1CCN(CCC(C)(C)C)CC1)[C@@H](C)OCCCOCCNC(C)(C)C. The van der Waals surface area contributed by atoms with Crippen molar-refractivity contribution >= 4 is 0 Å². The first kappa shape index (κ1) is 36.8. The molecule has 1 aliphatic rings. The summed E-state index contributed by atoms with van der Waals surface area (Å²) in [6, 6.07) is 0. The molecule has 1 fully saturated rings. The van der Waals surface area contributed by atoms with Gasteiger partial charge in [0.1, 0.15) is 0 Å². The maximum Gasteiger partial charge on any atom is 0.0591 e. The molecule has 6 nitrogen and oxygen atoms in total. The van der Waals surface area contributed by atoms with Crippen molar-refractivity contribution in [1.29, 1.82) is 0 Å². The monoisotopic (exact) mass is 555 g/mol. The Bertz CT molecular complexity index is 606. The lowest BCUT2D eigenvalue weighted by Crippen LogP contribution is -2.48. The molecule has 0 aromatic rings. The van der Waals surface area contributed by atoms with E-state index in [1.807, 2.05) is 0 Å². The highest BCUT2D eigenvalue weighted by atomic mass is 16.5. The maximum atomic E-state index is 6.17. The van der Waals surface area contributed by atoms with Crippen LogP contribution in [0.5, 0.6) is 0 Å². The van der Waals surface area contributed by atoms with Gasteiger partial charge in [0, 0.05) is 57.0 Å².